The number of para-hydroxylation sites is 1. The van der Waals surface area contributed by atoms with Crippen molar-refractivity contribution < 1.29 is 51.7 Å². The molecule has 0 bridgehead atoms. The number of thiocarbonyl (C=S) groups is 1. The molecule has 0 N–H and O–H groups in total. The molecule has 0 aromatic heterocycles. The van der Waals surface area contributed by atoms with Crippen molar-refractivity contribution in [3.63, 3.8) is 0 Å². The van der Waals surface area contributed by atoms with Crippen LogP contribution in [0.5, 0.6) is 0 Å². The summed E-state index contributed by atoms with van der Waals surface area (Å²) in [5.74, 6) is 20.5. The average molecular weight is 1780 g/mol. The van der Waals surface area contributed by atoms with Crippen LogP contribution in [-0.2, 0) is 70.7 Å². The number of rotatable bonds is 9. The van der Waals surface area contributed by atoms with Crippen LogP contribution < -0.4 is 0 Å². The van der Waals surface area contributed by atoms with E-state index in [0.717, 1.165) is 82.2 Å². The van der Waals surface area contributed by atoms with Crippen molar-refractivity contribution in [3.8, 4) is 60.2 Å². The quantitative estimate of drug-likeness (QED) is 0.0358. The Bertz CT molecular complexity index is 3410. The van der Waals surface area contributed by atoms with E-state index in [9.17, 15) is 0 Å². The molecule has 9 aromatic rings. The van der Waals surface area contributed by atoms with E-state index in [1.54, 1.807) is 0 Å². The molecular weight excluding hydrogens is 1680 g/mol. The fourth-order valence-electron chi connectivity index (χ4n) is 9.50. The predicted molar refractivity (Wildman–Crippen MR) is 455 cm³/mol. The molecule has 11 rings (SSSR count). The van der Waals surface area contributed by atoms with Crippen LogP contribution in [0.2, 0.25) is 0 Å². The third-order valence-corrected chi connectivity index (χ3v) is 15.5. The summed E-state index contributed by atoms with van der Waals surface area (Å²) in [6.07, 6.45) is 15.7. The molecule has 0 spiro atoms. The fourth-order valence-corrected chi connectivity index (χ4v) is 10.1. The standard InChI is InChI=1S/C18H27NS.C17H27N2S.C10H2.7C7H7.CH2Cl2.2Hf/c1-13(2)15-8-7-9-16(14(3)4)17(15)12-18(20)19-10-5-6-11-19;1-12(2)14-8-7-9-15(13(3)4)16(14)18-17(20)19-10-5-6-11-19;1-3-5-7-9-10-8-6-4-2;7*1-7-5-3-2-4-6-7;2-1-3;;/h7-9,13-14H,5-6,10-12H2,1-4H3;7-9,12-13,17,20H,5-6,10-11H2,1-4H3;1-2H;7*2-6H,1H2;1H2;;/q;-1;;7*-1;;;+4/p-1. The summed E-state index contributed by atoms with van der Waals surface area (Å²) in [4.78, 5) is 5.85. The second kappa shape index (κ2) is 63.6. The van der Waals surface area contributed by atoms with Crippen molar-refractivity contribution in [2.24, 2.45) is 0 Å². The number of hydrogen-bond acceptors (Lipinski definition) is 3. The van der Waals surface area contributed by atoms with Crippen molar-refractivity contribution in [2.45, 2.75) is 117 Å². The molecule has 1 unspecified atom stereocenters. The second-order valence-electron chi connectivity index (χ2n) is 24.3. The van der Waals surface area contributed by atoms with Gasteiger partial charge in [0.1, 0.15) is 0 Å². The largest absolute Gasteiger partial charge is 4.00 e. The second-order valence-corrected chi connectivity index (χ2v) is 26.0. The Morgan fingerprint density at radius 1 is 0.394 bits per heavy atom. The van der Waals surface area contributed by atoms with E-state index >= 15 is 0 Å². The zero-order chi connectivity index (χ0) is 75.6. The number of halogens is 2. The fraction of sp³-hybridized carbons (Fsp3) is 0.242. The minimum absolute atomic E-state index is 0. The van der Waals surface area contributed by atoms with Gasteiger partial charge in [0.05, 0.1) is 10.3 Å². The Morgan fingerprint density at radius 2 is 0.615 bits per heavy atom. The smallest absolute Gasteiger partial charge is 0.793 e. The van der Waals surface area contributed by atoms with Gasteiger partial charge in [-0.15, -0.1) is 127 Å². The van der Waals surface area contributed by atoms with Crippen molar-refractivity contribution in [3.05, 3.63) is 369 Å². The third-order valence-electron chi connectivity index (χ3n) is 14.7. The van der Waals surface area contributed by atoms with E-state index < -0.39 is 0 Å². The van der Waals surface area contributed by atoms with Gasteiger partial charge in [0.2, 0.25) is 0 Å². The van der Waals surface area contributed by atoms with Gasteiger partial charge in [-0.25, -0.2) is 0 Å². The summed E-state index contributed by atoms with van der Waals surface area (Å²) in [6.45, 7) is 48.6. The van der Waals surface area contributed by atoms with Gasteiger partial charge >= 0.3 is 25.8 Å². The van der Waals surface area contributed by atoms with Crippen LogP contribution in [0.25, 0.3) is 5.32 Å². The molecule has 1 atom stereocenters. The van der Waals surface area contributed by atoms with E-state index in [1.165, 1.54) is 53.5 Å². The summed E-state index contributed by atoms with van der Waals surface area (Å²) in [5, 5.41) is 5.12. The predicted octanol–water partition coefficient (Wildman–Crippen LogP) is 24.5. The molecule has 0 radical (unpaired) electrons. The van der Waals surface area contributed by atoms with Crippen molar-refractivity contribution in [2.75, 3.05) is 31.5 Å². The van der Waals surface area contributed by atoms with Gasteiger partial charge in [-0.05, 0) is 126 Å². The van der Waals surface area contributed by atoms with E-state index in [0.29, 0.717) is 23.7 Å². The number of terminal acetylenes is 2. The van der Waals surface area contributed by atoms with Crippen molar-refractivity contribution in [1.29, 1.82) is 0 Å². The molecular formula is C95H106Cl2Hf2N3S2-5. The molecule has 2 fully saturated rings. The van der Waals surface area contributed by atoms with Gasteiger partial charge in [-0.3, -0.25) is 0 Å². The average Bonchev–Trinajstić information content (AvgIpc) is 1.05. The molecule has 0 aliphatic carbocycles. The monoisotopic (exact) mass is 1780 g/mol. The Morgan fingerprint density at radius 3 is 0.827 bits per heavy atom. The Hall–Kier alpha value is -7.81. The molecule has 104 heavy (non-hydrogen) atoms. The molecule has 9 heteroatoms. The molecule has 2 saturated heterocycles. The van der Waals surface area contributed by atoms with Gasteiger partial charge in [-0.2, -0.15) is 178 Å². The van der Waals surface area contributed by atoms with E-state index in [1.807, 2.05) is 212 Å². The Balaban J connectivity index is 0. The number of alkyl halides is 2. The number of likely N-dealkylation sites (tertiary alicyclic amines) is 2. The SMILES string of the molecule is C#CC#CC#CC#CC#C.CC(C)c1cccc(C(C)C)c1CC(=S)N1CCCC1.CC(C)c1cccc(C(C)C)c1[N-]C([S-])N1CCCC1.ClCCl.[CH2-]c1ccccc1.[CH2-]c1ccccc1.[CH2-]c1ccccc1.[CH2-]c1ccccc1.[CH2-]c1ccccc1.[CH2-]c1ccccc1.[CH2-]c1ccccc1.[Hf+4].[Hf]. The summed E-state index contributed by atoms with van der Waals surface area (Å²) in [7, 11) is 0. The van der Waals surface area contributed by atoms with E-state index in [4.69, 9.17) is 66.2 Å². The first kappa shape index (κ1) is 98.2. The van der Waals surface area contributed by atoms with Crippen LogP contribution in [0.15, 0.2) is 249 Å². The van der Waals surface area contributed by atoms with Crippen LogP contribution in [0.4, 0.5) is 5.69 Å². The molecule has 0 saturated carbocycles. The van der Waals surface area contributed by atoms with Crippen LogP contribution >= 0.6 is 35.4 Å². The molecule has 9 aromatic carbocycles. The number of hydrogen-bond donors (Lipinski definition) is 0. The minimum Gasteiger partial charge on any atom is -0.793 e. The van der Waals surface area contributed by atoms with Crippen LogP contribution in [-0.4, -0.2) is 51.8 Å². The Labute approximate surface area is 691 Å². The molecule has 0 amide bonds. The summed E-state index contributed by atoms with van der Waals surface area (Å²) >= 11 is 20.9. The van der Waals surface area contributed by atoms with Crippen LogP contribution in [0, 0.1) is 109 Å². The maximum Gasteiger partial charge on any atom is 4.00 e. The van der Waals surface area contributed by atoms with E-state index in [2.05, 4.69) is 197 Å². The van der Waals surface area contributed by atoms with Gasteiger partial charge in [-0.1, -0.05) is 158 Å². The third kappa shape index (κ3) is 49.0. The first-order valence-corrected chi connectivity index (χ1v) is 36.3. The van der Waals surface area contributed by atoms with E-state index in [-0.39, 0.29) is 62.5 Å². The number of nitrogens with zero attached hydrogens (tertiary/aromatic N) is 3. The first-order valence-electron chi connectivity index (χ1n) is 34.3. The summed E-state index contributed by atoms with van der Waals surface area (Å²) in [6, 6.07) is 82.4. The Kier molecular flexibility index (Phi) is 60.1. The van der Waals surface area contributed by atoms with Crippen LogP contribution in [0.1, 0.15) is 172 Å². The first-order chi connectivity index (χ1) is 49.1. The van der Waals surface area contributed by atoms with Gasteiger partial charge in [0.15, 0.2) is 0 Å². The zero-order valence-corrected chi connectivity index (χ0v) is 73.0. The minimum atomic E-state index is -0.116. The molecule has 540 valence electrons. The van der Waals surface area contributed by atoms with Gasteiger partial charge in [0.25, 0.3) is 0 Å². The zero-order valence-electron chi connectivity index (χ0n) is 62.6. The number of benzene rings is 9. The molecule has 2 heterocycles. The molecule has 2 aliphatic heterocycles. The van der Waals surface area contributed by atoms with Crippen LogP contribution in [0.3, 0.4) is 0 Å². The van der Waals surface area contributed by atoms with Gasteiger partial charge < -0.3 is 27.7 Å². The topological polar surface area (TPSA) is 20.6 Å². The maximum absolute atomic E-state index is 5.71. The van der Waals surface area contributed by atoms with Crippen molar-refractivity contribution in [1.82, 2.24) is 9.80 Å². The molecule has 3 nitrogen and oxygen atoms in total. The summed E-state index contributed by atoms with van der Waals surface area (Å²) < 4.78 is 0. The summed E-state index contributed by atoms with van der Waals surface area (Å²) in [5.41, 5.74) is 15.6. The van der Waals surface area contributed by atoms with Gasteiger partial charge in [0, 0.05) is 45.4 Å². The van der Waals surface area contributed by atoms with Crippen molar-refractivity contribution >= 4 is 58.7 Å². The molecule has 2 aliphatic rings. The normalized spacial score (nSPS) is 11.0. The maximum atomic E-state index is 5.71.